The summed E-state index contributed by atoms with van der Waals surface area (Å²) in [5.74, 6) is -1.02. The predicted molar refractivity (Wildman–Crippen MR) is 224 cm³/mol. The lowest BCUT2D eigenvalue weighted by Crippen LogP contribution is -2.46. The molecular weight excluding hydrogens is 905 g/mol. The van der Waals surface area contributed by atoms with Crippen LogP contribution in [0.15, 0.2) is 12.7 Å². The number of imidazole rings is 1. The highest BCUT2D eigenvalue weighted by atomic mass is 32.2. The first-order valence-electron chi connectivity index (χ1n) is 19.6. The highest BCUT2D eigenvalue weighted by molar-refractivity contribution is 8.13. The van der Waals surface area contributed by atoms with Crippen LogP contribution >= 0.6 is 35.2 Å². The summed E-state index contributed by atoms with van der Waals surface area (Å²) in [6.45, 7) is 2.76. The molecule has 2 aromatic heterocycles. The molecule has 0 spiro atoms. The third kappa shape index (κ3) is 18.9. The van der Waals surface area contributed by atoms with Gasteiger partial charge in [-0.25, -0.2) is 28.6 Å². The van der Waals surface area contributed by atoms with Crippen LogP contribution in [0.2, 0.25) is 0 Å². The zero-order chi connectivity index (χ0) is 45.4. The molecule has 356 valence electrons. The number of ether oxygens (including phenoxy) is 1. The molecule has 0 saturated carbocycles. The van der Waals surface area contributed by atoms with Crippen LogP contribution in [0.5, 0.6) is 0 Å². The van der Waals surface area contributed by atoms with Crippen LogP contribution in [0.1, 0.15) is 97.6 Å². The van der Waals surface area contributed by atoms with Crippen LogP contribution in [-0.4, -0.2) is 123 Å². The first-order chi connectivity index (χ1) is 28.6. The number of rotatable bonds is 29. The van der Waals surface area contributed by atoms with E-state index in [1.165, 1.54) is 52.4 Å². The van der Waals surface area contributed by atoms with E-state index in [2.05, 4.69) is 41.3 Å². The smallest absolute Gasteiger partial charge is 0.386 e. The lowest BCUT2D eigenvalue weighted by molar-refractivity contribution is -0.137. The van der Waals surface area contributed by atoms with Gasteiger partial charge in [0.15, 0.2) is 22.8 Å². The molecule has 0 radical (unpaired) electrons. The van der Waals surface area contributed by atoms with Crippen LogP contribution in [0.4, 0.5) is 5.82 Å². The van der Waals surface area contributed by atoms with Crippen molar-refractivity contribution in [2.75, 3.05) is 37.8 Å². The minimum absolute atomic E-state index is 0. The molecule has 3 rings (SSSR count). The van der Waals surface area contributed by atoms with Crippen molar-refractivity contribution in [3.05, 3.63) is 12.7 Å². The zero-order valence-corrected chi connectivity index (χ0v) is 38.4. The quantitative estimate of drug-likeness (QED) is 0.0414. The normalized spacial score (nSPS) is 20.5. The lowest BCUT2D eigenvalue weighted by atomic mass is 9.87. The Morgan fingerprint density at radius 3 is 2.21 bits per heavy atom. The molecule has 13 N–H and O–H groups in total. The third-order valence-electron chi connectivity index (χ3n) is 9.25. The number of carbonyl (C=O) groups is 3. The second kappa shape index (κ2) is 25.9. The molecule has 0 bridgehead atoms. The first kappa shape index (κ1) is 55.7. The molecular formula is C33H61N8O17P3S. The minimum Gasteiger partial charge on any atom is -0.386 e. The van der Waals surface area contributed by atoms with Crippen LogP contribution < -0.4 is 22.5 Å². The minimum atomic E-state index is -5.57. The molecule has 1 saturated heterocycles. The Kier molecular flexibility index (Phi) is 23.2. The summed E-state index contributed by atoms with van der Waals surface area (Å²) in [7, 11) is -16.4. The number of thioether (sulfide) groups is 1. The monoisotopic (exact) mass is 966 g/mol. The molecule has 2 aromatic rings. The molecule has 1 aliphatic rings. The molecule has 7 unspecified atom stereocenters. The average molecular weight is 967 g/mol. The number of nitrogen functional groups attached to an aromatic ring is 1. The molecule has 7 atom stereocenters. The van der Waals surface area contributed by atoms with Crippen molar-refractivity contribution in [2.24, 2.45) is 5.41 Å². The first-order valence-corrected chi connectivity index (χ1v) is 25.1. The summed E-state index contributed by atoms with van der Waals surface area (Å²) in [6, 6.07) is 0. The molecule has 0 aromatic carbocycles. The molecule has 1 aliphatic heterocycles. The second-order valence-electron chi connectivity index (χ2n) is 14.9. The highest BCUT2D eigenvalue weighted by Gasteiger charge is 2.50. The van der Waals surface area contributed by atoms with Gasteiger partial charge >= 0.3 is 23.5 Å². The topological polar surface area (TPSA) is 399 Å². The number of amides is 2. The number of unbranched alkanes of at least 4 members (excludes halogenated alkanes) is 8. The Hall–Kier alpha value is -2.48. The lowest BCUT2D eigenvalue weighted by Gasteiger charge is -2.30. The van der Waals surface area contributed by atoms with Gasteiger partial charge in [-0.05, 0) is 6.42 Å². The maximum Gasteiger partial charge on any atom is 0.481 e. The van der Waals surface area contributed by atoms with E-state index in [1.807, 2.05) is 0 Å². The van der Waals surface area contributed by atoms with E-state index in [-0.39, 0.29) is 47.8 Å². The zero-order valence-electron chi connectivity index (χ0n) is 34.9. The van der Waals surface area contributed by atoms with Crippen molar-refractivity contribution in [3.63, 3.8) is 0 Å². The molecule has 62 heavy (non-hydrogen) atoms. The maximum atomic E-state index is 12.7. The fourth-order valence-electron chi connectivity index (χ4n) is 5.95. The number of phosphoric ester groups is 3. The van der Waals surface area contributed by atoms with Gasteiger partial charge in [-0.2, -0.15) is 4.31 Å². The van der Waals surface area contributed by atoms with Gasteiger partial charge in [0.05, 0.1) is 19.5 Å². The van der Waals surface area contributed by atoms with E-state index in [1.54, 1.807) is 0 Å². The van der Waals surface area contributed by atoms with E-state index in [0.29, 0.717) is 12.2 Å². The Morgan fingerprint density at radius 1 is 0.935 bits per heavy atom. The number of nitrogens with two attached hydrogens (primary N) is 1. The summed E-state index contributed by atoms with van der Waals surface area (Å²) in [4.78, 5) is 88.0. The largest absolute Gasteiger partial charge is 0.481 e. The Morgan fingerprint density at radius 2 is 1.56 bits per heavy atom. The van der Waals surface area contributed by atoms with Crippen LogP contribution in [0, 0.1) is 5.41 Å². The van der Waals surface area contributed by atoms with Crippen LogP contribution in [0.25, 0.3) is 11.2 Å². The van der Waals surface area contributed by atoms with Gasteiger partial charge in [0.1, 0.15) is 36.3 Å². The molecule has 2 amide bonds. The number of nitrogens with zero attached hydrogens (tertiary/aromatic N) is 4. The molecule has 3 heterocycles. The highest BCUT2D eigenvalue weighted by Crippen LogP contribution is 2.61. The van der Waals surface area contributed by atoms with Crippen molar-refractivity contribution < 1.29 is 80.5 Å². The van der Waals surface area contributed by atoms with Gasteiger partial charge in [-0.15, -0.1) is 0 Å². The number of phosphoric acid groups is 3. The van der Waals surface area contributed by atoms with E-state index in [4.69, 9.17) is 19.5 Å². The summed E-state index contributed by atoms with van der Waals surface area (Å²) >= 11 is 1.15. The molecule has 0 aliphatic carbocycles. The van der Waals surface area contributed by atoms with E-state index in [9.17, 15) is 57.9 Å². The number of aliphatic hydroxyl groups is 2. The fourth-order valence-corrected chi connectivity index (χ4v) is 9.50. The van der Waals surface area contributed by atoms with E-state index >= 15 is 0 Å². The predicted octanol–water partition coefficient (Wildman–Crippen LogP) is 2.75. The third-order valence-corrected chi connectivity index (χ3v) is 13.3. The number of aromatic nitrogens is 4. The SMILES string of the molecule is CCCCCCCCCCCC(=O)SCCNC(=O)CCNC(=O)C(O)C(C)(C)COP(=O)(O)OP(=O)(O)OCC1OC(n2cnc3c(N)ncnc32)C(O)C1OP(=O)(O)O.N. The van der Waals surface area contributed by atoms with Crippen molar-refractivity contribution in [1.29, 1.82) is 0 Å². The Balaban J connectivity index is 0.0000132. The summed E-state index contributed by atoms with van der Waals surface area (Å²) in [5.41, 5.74) is 4.28. The van der Waals surface area contributed by atoms with Gasteiger partial charge in [0, 0.05) is 37.1 Å². The molecule has 29 heteroatoms. The number of hydrogen-bond donors (Lipinski definition) is 10. The van der Waals surface area contributed by atoms with E-state index in [0.717, 1.165) is 48.2 Å². The Bertz CT molecular complexity index is 1890. The van der Waals surface area contributed by atoms with Gasteiger partial charge in [-0.3, -0.25) is 32.5 Å². The number of carbonyl (C=O) groups excluding carboxylic acids is 3. The van der Waals surface area contributed by atoms with Gasteiger partial charge in [0.2, 0.25) is 11.8 Å². The fraction of sp³-hybridized carbons (Fsp3) is 0.758. The second-order valence-corrected chi connectivity index (χ2v) is 20.3. The van der Waals surface area contributed by atoms with Gasteiger partial charge < -0.3 is 57.0 Å². The van der Waals surface area contributed by atoms with Crippen molar-refractivity contribution in [1.82, 2.24) is 36.3 Å². The maximum absolute atomic E-state index is 12.7. The van der Waals surface area contributed by atoms with Crippen LogP contribution in [0.3, 0.4) is 0 Å². The molecule has 1 fully saturated rings. The number of fused-ring (bicyclic) bond motifs is 1. The summed E-state index contributed by atoms with van der Waals surface area (Å²) in [5, 5.41) is 26.6. The number of hydrogen-bond acceptors (Lipinski definition) is 19. The average Bonchev–Trinajstić information content (AvgIpc) is 3.73. The molecule has 25 nitrogen and oxygen atoms in total. The van der Waals surface area contributed by atoms with Crippen molar-refractivity contribution in [2.45, 2.75) is 122 Å². The van der Waals surface area contributed by atoms with Gasteiger partial charge in [-0.1, -0.05) is 83.9 Å². The van der Waals surface area contributed by atoms with Crippen molar-refractivity contribution >= 4 is 69.1 Å². The van der Waals surface area contributed by atoms with Crippen molar-refractivity contribution in [3.8, 4) is 0 Å². The van der Waals surface area contributed by atoms with Crippen LogP contribution in [-0.2, 0) is 50.7 Å². The number of aliphatic hydroxyl groups excluding tert-OH is 2. The van der Waals surface area contributed by atoms with E-state index < -0.39 is 84.6 Å². The summed E-state index contributed by atoms with van der Waals surface area (Å²) < 4.78 is 62.3. The number of nitrogens with one attached hydrogen (secondary N) is 2. The standard InChI is InChI=1S/C33H58N7O17P3S.H3N/c1-4-5-6-7-8-9-10-11-12-13-24(42)61-17-16-35-23(41)14-15-36-31(45)28(44)33(2,3)19-54-60(51,52)57-59(49,50)53-18-22-27(56-58(46,47)48)26(43)32(55-22)40-21-39-25-29(34)37-20-38-30(25)40;/h20-22,26-28,32,43-44H,4-19H2,1-3H3,(H,35,41)(H,36,45)(H,49,50)(H,51,52)(H2,34,37,38)(H2,46,47,48);1H3. The summed E-state index contributed by atoms with van der Waals surface area (Å²) in [6.07, 6.45) is 4.02. The Labute approximate surface area is 363 Å². The number of anilines is 1. The van der Waals surface area contributed by atoms with Gasteiger partial charge in [0.25, 0.3) is 0 Å².